The molecule has 6 nitrogen and oxygen atoms in total. The Hall–Kier alpha value is -1.94. The van der Waals surface area contributed by atoms with Gasteiger partial charge in [-0.25, -0.2) is 4.98 Å². The minimum atomic E-state index is -1.04. The molecule has 0 aliphatic carbocycles. The highest BCUT2D eigenvalue weighted by Gasteiger charge is 2.09. The van der Waals surface area contributed by atoms with Gasteiger partial charge in [-0.3, -0.25) is 14.9 Å². The van der Waals surface area contributed by atoms with Crippen LogP contribution in [0.3, 0.4) is 0 Å². The minimum absolute atomic E-state index is 0.107. The maximum Gasteiger partial charge on any atom is 0.344 e. The highest BCUT2D eigenvalue weighted by atomic mass is 32.1. The van der Waals surface area contributed by atoms with Crippen LogP contribution in [0, 0.1) is 22.0 Å². The van der Waals surface area contributed by atoms with Gasteiger partial charge in [-0.05, 0) is 17.3 Å². The molecule has 0 unspecified atom stereocenters. The second kappa shape index (κ2) is 4.34. The van der Waals surface area contributed by atoms with E-state index in [0.717, 1.165) is 17.5 Å². The fraction of sp³-hybridized carbons (Fsp3) is 0.143. The Morgan fingerprint density at radius 3 is 3.00 bits per heavy atom. The van der Waals surface area contributed by atoms with E-state index in [4.69, 9.17) is 5.11 Å². The molecule has 7 heteroatoms. The summed E-state index contributed by atoms with van der Waals surface area (Å²) < 4.78 is 0. The Morgan fingerprint density at radius 1 is 1.79 bits per heavy atom. The van der Waals surface area contributed by atoms with Crippen molar-refractivity contribution < 1.29 is 14.8 Å². The first-order valence-electron chi connectivity index (χ1n) is 3.40. The zero-order valence-electron chi connectivity index (χ0n) is 6.76. The summed E-state index contributed by atoms with van der Waals surface area (Å²) in [6, 6.07) is 0. The quantitative estimate of drug-likeness (QED) is 0.446. The van der Waals surface area contributed by atoms with E-state index < -0.39 is 10.9 Å². The Labute approximate surface area is 82.4 Å². The molecule has 0 atom stereocenters. The monoisotopic (exact) mass is 212 g/mol. The van der Waals surface area contributed by atoms with Crippen LogP contribution >= 0.6 is 11.3 Å². The Kier molecular flexibility index (Phi) is 3.14. The molecule has 1 heterocycles. The van der Waals surface area contributed by atoms with Crippen molar-refractivity contribution in [3.05, 3.63) is 21.3 Å². The number of rotatable bonds is 2. The van der Waals surface area contributed by atoms with Crippen LogP contribution in [0.2, 0.25) is 0 Å². The van der Waals surface area contributed by atoms with Gasteiger partial charge < -0.3 is 5.11 Å². The van der Waals surface area contributed by atoms with Crippen LogP contribution in [-0.4, -0.2) is 21.0 Å². The maximum atomic E-state index is 10.2. The first-order chi connectivity index (χ1) is 6.59. The van der Waals surface area contributed by atoms with E-state index in [-0.39, 0.29) is 16.4 Å². The van der Waals surface area contributed by atoms with Crippen LogP contribution < -0.4 is 0 Å². The average Bonchev–Trinajstić information content (AvgIpc) is 2.52. The maximum absolute atomic E-state index is 10.2. The number of thiazole rings is 1. The number of nitrogens with zero attached hydrogens (tertiary/aromatic N) is 2. The summed E-state index contributed by atoms with van der Waals surface area (Å²) in [5, 5.41) is 18.6. The summed E-state index contributed by atoms with van der Waals surface area (Å²) in [6.45, 7) is 0. The number of nitro groups is 1. The van der Waals surface area contributed by atoms with Gasteiger partial charge in [0, 0.05) is 0 Å². The van der Waals surface area contributed by atoms with Crippen molar-refractivity contribution in [3.8, 4) is 11.8 Å². The number of hydrogen-bond donors (Lipinski definition) is 1. The minimum Gasteiger partial charge on any atom is -0.481 e. The number of hydrogen-bond acceptors (Lipinski definition) is 5. The van der Waals surface area contributed by atoms with Crippen LogP contribution in [0.4, 0.5) is 5.00 Å². The third-order valence-electron chi connectivity index (χ3n) is 1.11. The van der Waals surface area contributed by atoms with Gasteiger partial charge >= 0.3 is 11.0 Å². The fourth-order valence-corrected chi connectivity index (χ4v) is 1.21. The molecule has 0 spiro atoms. The zero-order valence-corrected chi connectivity index (χ0v) is 7.58. The van der Waals surface area contributed by atoms with Crippen molar-refractivity contribution in [1.82, 2.24) is 4.98 Å². The Balaban J connectivity index is 2.71. The average molecular weight is 212 g/mol. The largest absolute Gasteiger partial charge is 0.481 e. The Morgan fingerprint density at radius 2 is 2.50 bits per heavy atom. The van der Waals surface area contributed by atoms with E-state index in [0.29, 0.717) is 0 Å². The van der Waals surface area contributed by atoms with Crippen molar-refractivity contribution in [2.24, 2.45) is 0 Å². The van der Waals surface area contributed by atoms with E-state index in [1.807, 2.05) is 0 Å². The van der Waals surface area contributed by atoms with Crippen molar-refractivity contribution in [1.29, 1.82) is 0 Å². The molecule has 0 aromatic carbocycles. The smallest absolute Gasteiger partial charge is 0.344 e. The molecule has 1 N–H and O–H groups in total. The van der Waals surface area contributed by atoms with Crippen molar-refractivity contribution in [3.63, 3.8) is 0 Å². The molecule has 0 aliphatic heterocycles. The van der Waals surface area contributed by atoms with Gasteiger partial charge in [0.05, 0.1) is 4.92 Å². The van der Waals surface area contributed by atoms with Crippen molar-refractivity contribution in [2.75, 3.05) is 0 Å². The molecule has 0 saturated carbocycles. The summed E-state index contributed by atoms with van der Waals surface area (Å²) in [5.74, 6) is 3.71. The second-order valence-corrected chi connectivity index (χ2v) is 3.14. The summed E-state index contributed by atoms with van der Waals surface area (Å²) in [6.07, 6.45) is 0.794. The van der Waals surface area contributed by atoms with E-state index >= 15 is 0 Å². The molecule has 0 amide bonds. The highest BCUT2D eigenvalue weighted by Crippen LogP contribution is 2.19. The van der Waals surface area contributed by atoms with E-state index in [1.165, 1.54) is 0 Å². The molecule has 0 radical (unpaired) electrons. The predicted octanol–water partition coefficient (Wildman–Crippen LogP) is 0.877. The van der Waals surface area contributed by atoms with Gasteiger partial charge in [-0.1, -0.05) is 5.92 Å². The van der Waals surface area contributed by atoms with E-state index in [2.05, 4.69) is 16.8 Å². The van der Waals surface area contributed by atoms with Crippen LogP contribution in [-0.2, 0) is 4.79 Å². The third kappa shape index (κ3) is 2.84. The van der Waals surface area contributed by atoms with Gasteiger partial charge in [0.2, 0.25) is 0 Å². The van der Waals surface area contributed by atoms with Gasteiger partial charge in [-0.2, -0.15) is 0 Å². The molecule has 1 aromatic heterocycles. The number of carboxylic acid groups (broad SMARTS) is 1. The molecule has 1 aromatic rings. The van der Waals surface area contributed by atoms with Gasteiger partial charge in [0.1, 0.15) is 12.6 Å². The Bertz CT molecular complexity index is 428. The molecule has 1 rings (SSSR count). The number of carboxylic acids is 1. The van der Waals surface area contributed by atoms with E-state index in [9.17, 15) is 14.9 Å². The van der Waals surface area contributed by atoms with Crippen LogP contribution in [0.5, 0.6) is 0 Å². The highest BCUT2D eigenvalue weighted by molar-refractivity contribution is 7.15. The fourth-order valence-electron chi connectivity index (χ4n) is 0.603. The second-order valence-electron chi connectivity index (χ2n) is 2.13. The lowest BCUT2D eigenvalue weighted by Gasteiger charge is -1.78. The summed E-state index contributed by atoms with van der Waals surface area (Å²) >= 11 is 0.816. The first kappa shape index (κ1) is 10.1. The molecular formula is C7H4N2O4S. The number of aromatic nitrogens is 1. The van der Waals surface area contributed by atoms with Gasteiger partial charge in [-0.15, -0.1) is 0 Å². The van der Waals surface area contributed by atoms with Crippen LogP contribution in [0.1, 0.15) is 11.4 Å². The van der Waals surface area contributed by atoms with Gasteiger partial charge in [0.15, 0.2) is 5.01 Å². The van der Waals surface area contributed by atoms with Crippen LogP contribution in [0.25, 0.3) is 0 Å². The normalized spacial score (nSPS) is 8.86. The lowest BCUT2D eigenvalue weighted by atomic mass is 10.4. The summed E-state index contributed by atoms with van der Waals surface area (Å²) in [4.78, 5) is 23.4. The SMILES string of the molecule is O=C(O)CC#Cc1ncc([N+](=O)[O-])s1. The first-order valence-corrected chi connectivity index (χ1v) is 4.22. The lowest BCUT2D eigenvalue weighted by Crippen LogP contribution is -1.90. The third-order valence-corrected chi connectivity index (χ3v) is 1.97. The molecule has 0 aliphatic rings. The molecule has 14 heavy (non-hydrogen) atoms. The van der Waals surface area contributed by atoms with Crippen molar-refractivity contribution in [2.45, 2.75) is 6.42 Å². The zero-order chi connectivity index (χ0) is 10.6. The molecule has 0 fully saturated rings. The van der Waals surface area contributed by atoms with Gasteiger partial charge in [0.25, 0.3) is 0 Å². The summed E-state index contributed by atoms with van der Waals surface area (Å²) in [7, 11) is 0. The lowest BCUT2D eigenvalue weighted by molar-refractivity contribution is -0.380. The summed E-state index contributed by atoms with van der Waals surface area (Å²) in [5.41, 5.74) is 0. The van der Waals surface area contributed by atoms with Crippen LogP contribution in [0.15, 0.2) is 6.20 Å². The standard InChI is InChI=1S/C7H4N2O4S/c10-7(11)3-1-2-5-8-4-6(14-5)9(12)13/h4H,3H2,(H,10,11). The molecular weight excluding hydrogens is 208 g/mol. The predicted molar refractivity (Wildman–Crippen MR) is 47.9 cm³/mol. The molecule has 72 valence electrons. The number of carbonyl (C=O) groups is 1. The molecule has 0 saturated heterocycles. The molecule has 0 bridgehead atoms. The number of aliphatic carboxylic acids is 1. The topological polar surface area (TPSA) is 93.3 Å². The van der Waals surface area contributed by atoms with E-state index in [1.54, 1.807) is 0 Å². The van der Waals surface area contributed by atoms with Crippen molar-refractivity contribution >= 4 is 22.3 Å².